The number of fused-ring (bicyclic) bond motifs is 1. The molecule has 1 N–H and O–H groups in total. The van der Waals surface area contributed by atoms with E-state index in [4.69, 9.17) is 9.47 Å². The number of anilines is 1. The molecule has 1 atom stereocenters. The van der Waals surface area contributed by atoms with Crippen LogP contribution in [0.2, 0.25) is 0 Å². The van der Waals surface area contributed by atoms with E-state index in [2.05, 4.69) is 4.98 Å². The number of thiazole rings is 1. The minimum Gasteiger partial charge on any atom is -0.503 e. The minimum atomic E-state index is -0.860. The van der Waals surface area contributed by atoms with Crippen LogP contribution in [0.25, 0.3) is 10.2 Å². The molecule has 1 aliphatic rings. The number of benzene rings is 2. The van der Waals surface area contributed by atoms with Crippen molar-refractivity contribution < 1.29 is 24.2 Å². The Bertz CT molecular complexity index is 1130. The van der Waals surface area contributed by atoms with Gasteiger partial charge in [0, 0.05) is 11.6 Å². The van der Waals surface area contributed by atoms with Gasteiger partial charge in [-0.25, -0.2) is 4.98 Å². The zero-order valence-electron chi connectivity index (χ0n) is 16.0. The summed E-state index contributed by atoms with van der Waals surface area (Å²) in [5.74, 6) is -0.639. The Morgan fingerprint density at radius 2 is 1.93 bits per heavy atom. The van der Waals surface area contributed by atoms with Crippen LogP contribution < -0.4 is 14.4 Å². The van der Waals surface area contributed by atoms with Crippen molar-refractivity contribution in [3.8, 4) is 11.5 Å². The van der Waals surface area contributed by atoms with Crippen molar-refractivity contribution in [1.82, 2.24) is 4.98 Å². The highest BCUT2D eigenvalue weighted by Crippen LogP contribution is 2.46. The highest BCUT2D eigenvalue weighted by Gasteiger charge is 2.45. The van der Waals surface area contributed by atoms with Gasteiger partial charge in [0.25, 0.3) is 5.91 Å². The number of aliphatic hydroxyl groups excluding tert-OH is 1. The highest BCUT2D eigenvalue weighted by atomic mass is 32.1. The minimum absolute atomic E-state index is 0.0118. The number of nitrogens with zero attached hydrogens (tertiary/aromatic N) is 2. The van der Waals surface area contributed by atoms with Crippen molar-refractivity contribution in [2.24, 2.45) is 0 Å². The van der Waals surface area contributed by atoms with E-state index in [1.807, 2.05) is 24.3 Å². The predicted molar refractivity (Wildman–Crippen MR) is 110 cm³/mol. The summed E-state index contributed by atoms with van der Waals surface area (Å²) < 4.78 is 11.6. The number of Topliss-reactive ketones (excluding diaryl/α,β-unsaturated/α-hetero) is 1. The average Bonchev–Trinajstić information content (AvgIpc) is 3.26. The molecule has 148 valence electrons. The molecule has 4 rings (SSSR count). The maximum Gasteiger partial charge on any atom is 0.296 e. The van der Waals surface area contributed by atoms with Crippen LogP contribution in [0.15, 0.2) is 53.8 Å². The van der Waals surface area contributed by atoms with E-state index in [1.54, 1.807) is 18.2 Å². The van der Waals surface area contributed by atoms with E-state index < -0.39 is 23.5 Å². The molecule has 8 heteroatoms. The number of ether oxygens (including phenoxy) is 2. The third-order valence-corrected chi connectivity index (χ3v) is 5.85. The van der Waals surface area contributed by atoms with Gasteiger partial charge in [0.1, 0.15) is 17.5 Å². The molecule has 0 saturated heterocycles. The van der Waals surface area contributed by atoms with E-state index in [-0.39, 0.29) is 5.57 Å². The fourth-order valence-corrected chi connectivity index (χ4v) is 4.46. The van der Waals surface area contributed by atoms with Crippen LogP contribution in [0.3, 0.4) is 0 Å². The molecular weight excluding hydrogens is 392 g/mol. The molecule has 0 unspecified atom stereocenters. The normalized spacial score (nSPS) is 16.6. The number of ketones is 1. The molecule has 29 heavy (non-hydrogen) atoms. The van der Waals surface area contributed by atoms with Crippen LogP contribution in [-0.4, -0.2) is 36.0 Å². The number of para-hydroxylation sites is 1. The second-order valence-electron chi connectivity index (χ2n) is 6.47. The molecule has 1 amide bonds. The van der Waals surface area contributed by atoms with E-state index in [0.717, 1.165) is 10.2 Å². The summed E-state index contributed by atoms with van der Waals surface area (Å²) >= 11 is 1.31. The number of methoxy groups -OCH3 is 2. The summed E-state index contributed by atoms with van der Waals surface area (Å²) in [6, 6.07) is 11.7. The summed E-state index contributed by atoms with van der Waals surface area (Å²) in [7, 11) is 3.03. The molecule has 2 heterocycles. The first-order valence-electron chi connectivity index (χ1n) is 8.81. The largest absolute Gasteiger partial charge is 0.503 e. The van der Waals surface area contributed by atoms with Gasteiger partial charge in [-0.2, -0.15) is 0 Å². The Labute approximate surface area is 170 Å². The summed E-state index contributed by atoms with van der Waals surface area (Å²) in [4.78, 5) is 31.2. The van der Waals surface area contributed by atoms with Crippen LogP contribution >= 0.6 is 11.3 Å². The molecule has 0 radical (unpaired) electrons. The maximum atomic E-state index is 13.0. The summed E-state index contributed by atoms with van der Waals surface area (Å²) in [5, 5.41) is 10.9. The van der Waals surface area contributed by atoms with Crippen LogP contribution in [0.4, 0.5) is 5.13 Å². The van der Waals surface area contributed by atoms with Gasteiger partial charge in [0.15, 0.2) is 16.7 Å². The number of rotatable bonds is 5. The number of carbonyl (C=O) groups is 2. The molecule has 0 spiro atoms. The standard InChI is InChI=1S/C21H18N2O5S/c1-11(24)17-18(13-9-8-12(27-2)10-15(13)28-3)23(20(26)19(17)25)21-22-14-6-4-5-7-16(14)29-21/h4-10,18,25H,1-3H3/t18-/m1/s1. The Morgan fingerprint density at radius 3 is 2.59 bits per heavy atom. The quantitative estimate of drug-likeness (QED) is 0.688. The van der Waals surface area contributed by atoms with Crippen LogP contribution in [-0.2, 0) is 9.59 Å². The maximum absolute atomic E-state index is 13.0. The van der Waals surface area contributed by atoms with Crippen molar-refractivity contribution in [3.05, 3.63) is 59.4 Å². The first-order chi connectivity index (χ1) is 14.0. The van der Waals surface area contributed by atoms with Gasteiger partial charge in [0.2, 0.25) is 0 Å². The SMILES string of the molecule is COc1ccc([C@@H]2C(C(C)=O)=C(O)C(=O)N2c2nc3ccccc3s2)c(OC)c1. The summed E-state index contributed by atoms with van der Waals surface area (Å²) in [5.41, 5.74) is 1.30. The van der Waals surface area contributed by atoms with E-state index in [0.29, 0.717) is 22.2 Å². The van der Waals surface area contributed by atoms with Crippen molar-refractivity contribution in [2.75, 3.05) is 19.1 Å². The molecule has 0 saturated carbocycles. The Hall–Kier alpha value is -3.39. The fourth-order valence-electron chi connectivity index (χ4n) is 3.46. The molecule has 1 aromatic heterocycles. The monoisotopic (exact) mass is 410 g/mol. The van der Waals surface area contributed by atoms with Gasteiger partial charge in [-0.1, -0.05) is 23.5 Å². The third kappa shape index (κ3) is 3.01. The number of aliphatic hydroxyl groups is 1. The topological polar surface area (TPSA) is 89.0 Å². The molecule has 0 fully saturated rings. The highest BCUT2D eigenvalue weighted by molar-refractivity contribution is 7.22. The van der Waals surface area contributed by atoms with Crippen molar-refractivity contribution >= 4 is 38.4 Å². The van der Waals surface area contributed by atoms with Crippen LogP contribution in [0, 0.1) is 0 Å². The van der Waals surface area contributed by atoms with Gasteiger partial charge in [0.05, 0.1) is 30.0 Å². The number of hydrogen-bond acceptors (Lipinski definition) is 7. The predicted octanol–water partition coefficient (Wildman–Crippen LogP) is 3.80. The van der Waals surface area contributed by atoms with Gasteiger partial charge in [-0.15, -0.1) is 0 Å². The molecule has 0 aliphatic carbocycles. The Morgan fingerprint density at radius 1 is 1.17 bits per heavy atom. The number of amides is 1. The fraction of sp³-hybridized carbons (Fsp3) is 0.190. The zero-order chi connectivity index (χ0) is 20.7. The first-order valence-corrected chi connectivity index (χ1v) is 9.63. The molecule has 3 aromatic rings. The second kappa shape index (κ2) is 7.21. The molecule has 0 bridgehead atoms. The Balaban J connectivity index is 1.93. The van der Waals surface area contributed by atoms with Gasteiger partial charge >= 0.3 is 0 Å². The molecule has 2 aromatic carbocycles. The van der Waals surface area contributed by atoms with Crippen molar-refractivity contribution in [1.29, 1.82) is 0 Å². The van der Waals surface area contributed by atoms with Crippen LogP contribution in [0.1, 0.15) is 18.5 Å². The van der Waals surface area contributed by atoms with E-state index in [1.165, 1.54) is 37.4 Å². The smallest absolute Gasteiger partial charge is 0.296 e. The van der Waals surface area contributed by atoms with Crippen LogP contribution in [0.5, 0.6) is 11.5 Å². The number of aromatic nitrogens is 1. The van der Waals surface area contributed by atoms with Crippen molar-refractivity contribution in [3.63, 3.8) is 0 Å². The Kier molecular flexibility index (Phi) is 4.71. The molecule has 1 aliphatic heterocycles. The van der Waals surface area contributed by atoms with Gasteiger partial charge < -0.3 is 14.6 Å². The zero-order valence-corrected chi connectivity index (χ0v) is 16.8. The lowest BCUT2D eigenvalue weighted by Crippen LogP contribution is -2.31. The van der Waals surface area contributed by atoms with Crippen molar-refractivity contribution in [2.45, 2.75) is 13.0 Å². The third-order valence-electron chi connectivity index (χ3n) is 4.81. The van der Waals surface area contributed by atoms with Gasteiger partial charge in [-0.05, 0) is 31.2 Å². The lowest BCUT2D eigenvalue weighted by atomic mass is 9.96. The van der Waals surface area contributed by atoms with E-state index >= 15 is 0 Å². The number of carbonyl (C=O) groups excluding carboxylic acids is 2. The molecule has 7 nitrogen and oxygen atoms in total. The number of hydrogen-bond donors (Lipinski definition) is 1. The van der Waals surface area contributed by atoms with Gasteiger partial charge in [-0.3, -0.25) is 14.5 Å². The van der Waals surface area contributed by atoms with E-state index in [9.17, 15) is 14.7 Å². The summed E-state index contributed by atoms with van der Waals surface area (Å²) in [6.45, 7) is 1.32. The lowest BCUT2D eigenvalue weighted by Gasteiger charge is -2.25. The lowest BCUT2D eigenvalue weighted by molar-refractivity contribution is -0.117. The summed E-state index contributed by atoms with van der Waals surface area (Å²) in [6.07, 6.45) is 0. The molecular formula is C21H18N2O5S. The second-order valence-corrected chi connectivity index (χ2v) is 7.48. The first kappa shape index (κ1) is 18.9. The average molecular weight is 410 g/mol.